The van der Waals surface area contributed by atoms with Crippen LogP contribution in [0.4, 0.5) is 5.95 Å². The summed E-state index contributed by atoms with van der Waals surface area (Å²) in [7, 11) is 0. The van der Waals surface area contributed by atoms with Crippen molar-refractivity contribution < 1.29 is 0 Å². The first kappa shape index (κ1) is 8.11. The van der Waals surface area contributed by atoms with Crippen LogP contribution in [-0.4, -0.2) is 16.1 Å². The van der Waals surface area contributed by atoms with Gasteiger partial charge in [-0.3, -0.25) is 0 Å². The van der Waals surface area contributed by atoms with E-state index in [1.54, 1.807) is 0 Å². The van der Waals surface area contributed by atoms with Gasteiger partial charge in [-0.15, -0.1) is 0 Å². The number of anilines is 1. The van der Waals surface area contributed by atoms with Gasteiger partial charge in [0.05, 0.1) is 5.69 Å². The molecule has 0 bridgehead atoms. The summed E-state index contributed by atoms with van der Waals surface area (Å²) in [5.41, 5.74) is 1.09. The SMILES string of the molecule is CC.Cc1cn2c(n1)NCC2. The molecule has 1 aromatic heterocycles. The second kappa shape index (κ2) is 3.42. The molecule has 0 amide bonds. The Balaban J connectivity index is 0.000000281. The van der Waals surface area contributed by atoms with Gasteiger partial charge in [-0.25, -0.2) is 4.98 Å². The van der Waals surface area contributed by atoms with E-state index in [1.807, 2.05) is 20.8 Å². The first-order valence-electron chi connectivity index (χ1n) is 4.14. The lowest BCUT2D eigenvalue weighted by Crippen LogP contribution is -1.94. The van der Waals surface area contributed by atoms with Gasteiger partial charge in [0, 0.05) is 19.3 Å². The van der Waals surface area contributed by atoms with E-state index in [2.05, 4.69) is 21.1 Å². The predicted molar refractivity (Wildman–Crippen MR) is 46.8 cm³/mol. The molecule has 3 heteroatoms. The van der Waals surface area contributed by atoms with Gasteiger partial charge in [-0.2, -0.15) is 0 Å². The van der Waals surface area contributed by atoms with Crippen LogP contribution in [0.15, 0.2) is 6.20 Å². The van der Waals surface area contributed by atoms with Gasteiger partial charge in [-0.05, 0) is 6.92 Å². The Hall–Kier alpha value is -0.990. The van der Waals surface area contributed by atoms with E-state index in [0.717, 1.165) is 24.7 Å². The molecule has 62 valence electrons. The van der Waals surface area contributed by atoms with Gasteiger partial charge in [0.15, 0.2) is 0 Å². The Kier molecular flexibility index (Phi) is 2.52. The quantitative estimate of drug-likeness (QED) is 0.614. The summed E-state index contributed by atoms with van der Waals surface area (Å²) in [5.74, 6) is 1.02. The third-order valence-corrected chi connectivity index (χ3v) is 1.53. The number of imidazole rings is 1. The lowest BCUT2D eigenvalue weighted by molar-refractivity contribution is 0.808. The Bertz CT molecular complexity index is 206. The minimum Gasteiger partial charge on any atom is -0.354 e. The van der Waals surface area contributed by atoms with Crippen LogP contribution in [0.25, 0.3) is 0 Å². The molecule has 2 heterocycles. The van der Waals surface area contributed by atoms with Gasteiger partial charge in [-0.1, -0.05) is 13.8 Å². The number of nitrogens with zero attached hydrogens (tertiary/aromatic N) is 2. The fraction of sp³-hybridized carbons (Fsp3) is 0.625. The zero-order valence-corrected chi connectivity index (χ0v) is 7.39. The molecule has 1 aliphatic heterocycles. The molecule has 0 radical (unpaired) electrons. The average Bonchev–Trinajstić information content (AvgIpc) is 2.51. The molecule has 0 fully saturated rings. The monoisotopic (exact) mass is 153 g/mol. The molecule has 0 aliphatic carbocycles. The third-order valence-electron chi connectivity index (χ3n) is 1.53. The van der Waals surface area contributed by atoms with E-state index in [9.17, 15) is 0 Å². The zero-order valence-electron chi connectivity index (χ0n) is 7.39. The van der Waals surface area contributed by atoms with Crippen LogP contribution in [0.3, 0.4) is 0 Å². The van der Waals surface area contributed by atoms with Crippen LogP contribution in [0.1, 0.15) is 19.5 Å². The highest BCUT2D eigenvalue weighted by molar-refractivity contribution is 5.31. The molecule has 0 saturated heterocycles. The molecule has 1 aromatic rings. The highest BCUT2D eigenvalue weighted by Crippen LogP contribution is 2.11. The molecular formula is C8H15N3. The summed E-state index contributed by atoms with van der Waals surface area (Å²) in [5, 5.41) is 3.17. The van der Waals surface area contributed by atoms with Crippen LogP contribution in [0, 0.1) is 6.92 Å². The molecule has 11 heavy (non-hydrogen) atoms. The van der Waals surface area contributed by atoms with Crippen molar-refractivity contribution in [2.75, 3.05) is 11.9 Å². The van der Waals surface area contributed by atoms with E-state index in [-0.39, 0.29) is 0 Å². The average molecular weight is 153 g/mol. The van der Waals surface area contributed by atoms with Crippen molar-refractivity contribution >= 4 is 5.95 Å². The van der Waals surface area contributed by atoms with Crippen LogP contribution >= 0.6 is 0 Å². The van der Waals surface area contributed by atoms with Crippen LogP contribution in [0.2, 0.25) is 0 Å². The molecule has 0 spiro atoms. The Morgan fingerprint density at radius 3 is 2.91 bits per heavy atom. The van der Waals surface area contributed by atoms with Crippen molar-refractivity contribution in [2.24, 2.45) is 0 Å². The maximum atomic E-state index is 4.24. The Morgan fingerprint density at radius 1 is 1.55 bits per heavy atom. The number of aryl methyl sites for hydroxylation is 1. The summed E-state index contributed by atoms with van der Waals surface area (Å²) in [6.45, 7) is 8.10. The second-order valence-electron chi connectivity index (χ2n) is 2.33. The fourth-order valence-electron chi connectivity index (χ4n) is 1.15. The van der Waals surface area contributed by atoms with Crippen molar-refractivity contribution in [2.45, 2.75) is 27.3 Å². The summed E-state index contributed by atoms with van der Waals surface area (Å²) in [6, 6.07) is 0. The fourth-order valence-corrected chi connectivity index (χ4v) is 1.15. The minimum absolute atomic E-state index is 1.02. The first-order valence-corrected chi connectivity index (χ1v) is 4.14. The highest BCUT2D eigenvalue weighted by atomic mass is 15.3. The van der Waals surface area contributed by atoms with Crippen molar-refractivity contribution in [3.05, 3.63) is 11.9 Å². The van der Waals surface area contributed by atoms with E-state index >= 15 is 0 Å². The molecular weight excluding hydrogens is 138 g/mol. The maximum Gasteiger partial charge on any atom is 0.203 e. The van der Waals surface area contributed by atoms with Crippen LogP contribution < -0.4 is 5.32 Å². The summed E-state index contributed by atoms with van der Waals surface area (Å²) < 4.78 is 2.13. The molecule has 0 atom stereocenters. The van der Waals surface area contributed by atoms with Gasteiger partial charge >= 0.3 is 0 Å². The second-order valence-corrected chi connectivity index (χ2v) is 2.33. The molecule has 1 N–H and O–H groups in total. The van der Waals surface area contributed by atoms with Gasteiger partial charge < -0.3 is 9.88 Å². The number of rotatable bonds is 0. The molecule has 3 nitrogen and oxygen atoms in total. The normalized spacial score (nSPS) is 13.0. The number of fused-ring (bicyclic) bond motifs is 1. The van der Waals surface area contributed by atoms with Crippen molar-refractivity contribution in [1.29, 1.82) is 0 Å². The standard InChI is InChI=1S/C6H9N3.C2H6/c1-5-4-9-3-2-7-6(9)8-5;1-2/h4H,2-3H2,1H3,(H,7,8);1-2H3. The van der Waals surface area contributed by atoms with Crippen LogP contribution in [-0.2, 0) is 6.54 Å². The van der Waals surface area contributed by atoms with Gasteiger partial charge in [0.2, 0.25) is 5.95 Å². The van der Waals surface area contributed by atoms with E-state index < -0.39 is 0 Å². The highest BCUT2D eigenvalue weighted by Gasteiger charge is 2.09. The number of hydrogen-bond acceptors (Lipinski definition) is 2. The first-order chi connectivity index (χ1) is 5.36. The summed E-state index contributed by atoms with van der Waals surface area (Å²) in [6.07, 6.45) is 2.06. The number of hydrogen-bond donors (Lipinski definition) is 1. The van der Waals surface area contributed by atoms with Gasteiger partial charge in [0.1, 0.15) is 0 Å². The topological polar surface area (TPSA) is 29.9 Å². The molecule has 0 saturated carbocycles. The van der Waals surface area contributed by atoms with E-state index in [4.69, 9.17) is 0 Å². The lowest BCUT2D eigenvalue weighted by Gasteiger charge is -1.86. The Labute approximate surface area is 67.4 Å². The maximum absolute atomic E-state index is 4.24. The molecule has 1 aliphatic rings. The van der Waals surface area contributed by atoms with Crippen molar-refractivity contribution in [1.82, 2.24) is 9.55 Å². The molecule has 0 unspecified atom stereocenters. The van der Waals surface area contributed by atoms with E-state index in [0.29, 0.717) is 0 Å². The zero-order chi connectivity index (χ0) is 8.27. The van der Waals surface area contributed by atoms with Crippen molar-refractivity contribution in [3.8, 4) is 0 Å². The minimum atomic E-state index is 1.02. The number of aromatic nitrogens is 2. The largest absolute Gasteiger partial charge is 0.354 e. The van der Waals surface area contributed by atoms with Crippen LogP contribution in [0.5, 0.6) is 0 Å². The van der Waals surface area contributed by atoms with Gasteiger partial charge in [0.25, 0.3) is 0 Å². The molecule has 2 rings (SSSR count). The third kappa shape index (κ3) is 1.53. The Morgan fingerprint density at radius 2 is 2.27 bits per heavy atom. The lowest BCUT2D eigenvalue weighted by atomic mass is 10.5. The predicted octanol–water partition coefficient (Wildman–Crippen LogP) is 1.64. The molecule has 0 aromatic carbocycles. The van der Waals surface area contributed by atoms with E-state index in [1.165, 1.54) is 0 Å². The summed E-state index contributed by atoms with van der Waals surface area (Å²) in [4.78, 5) is 4.24. The smallest absolute Gasteiger partial charge is 0.203 e. The van der Waals surface area contributed by atoms with Crippen molar-refractivity contribution in [3.63, 3.8) is 0 Å². The number of nitrogens with one attached hydrogen (secondary N) is 1. The summed E-state index contributed by atoms with van der Waals surface area (Å²) >= 11 is 0.